The van der Waals surface area contributed by atoms with E-state index >= 15 is 0 Å². The van der Waals surface area contributed by atoms with E-state index in [2.05, 4.69) is 18.7 Å². The lowest BCUT2D eigenvalue weighted by Crippen LogP contribution is -2.38. The number of hydrogen-bond donors (Lipinski definition) is 1. The van der Waals surface area contributed by atoms with Crippen molar-refractivity contribution in [3.63, 3.8) is 0 Å². The van der Waals surface area contributed by atoms with E-state index in [0.717, 1.165) is 19.5 Å². The number of benzene rings is 1. The van der Waals surface area contributed by atoms with Crippen molar-refractivity contribution in [2.24, 2.45) is 0 Å². The van der Waals surface area contributed by atoms with Crippen LogP contribution in [0.25, 0.3) is 0 Å². The summed E-state index contributed by atoms with van der Waals surface area (Å²) in [7, 11) is -3.29. The summed E-state index contributed by atoms with van der Waals surface area (Å²) in [4.78, 5) is 2.33. The molecule has 6 heteroatoms. The molecule has 2 N–H and O–H groups in total. The van der Waals surface area contributed by atoms with Gasteiger partial charge in [-0.1, -0.05) is 32.0 Å². The second-order valence-corrected chi connectivity index (χ2v) is 7.45. The lowest BCUT2D eigenvalue weighted by molar-refractivity contribution is 0.224. The summed E-state index contributed by atoms with van der Waals surface area (Å²) in [5.74, 6) is -0.00928. The molecule has 1 aliphatic heterocycles. The van der Waals surface area contributed by atoms with E-state index in [1.807, 2.05) is 12.1 Å². The average Bonchev–Trinajstić information content (AvgIpc) is 2.93. The Bertz CT molecular complexity index is 570. The molecular weight excluding hydrogens is 286 g/mol. The summed E-state index contributed by atoms with van der Waals surface area (Å²) in [5, 5.41) is 0. The molecule has 0 saturated carbocycles. The van der Waals surface area contributed by atoms with Crippen LogP contribution in [-0.4, -0.2) is 49.8 Å². The molecule has 0 aromatic heterocycles. The Hall–Kier alpha value is -1.11. The molecule has 0 bridgehead atoms. The Kier molecular flexibility index (Phi) is 5.24. The monoisotopic (exact) mass is 311 g/mol. The quantitative estimate of drug-likeness (QED) is 0.809. The Balaban J connectivity index is 2.06. The third kappa shape index (κ3) is 3.75. The summed E-state index contributed by atoms with van der Waals surface area (Å²) in [6.45, 7) is 7.35. The fraction of sp³-hybridized carbons (Fsp3) is 0.600. The van der Waals surface area contributed by atoms with Crippen molar-refractivity contribution in [3.05, 3.63) is 29.8 Å². The van der Waals surface area contributed by atoms with Crippen LogP contribution in [0.5, 0.6) is 0 Å². The second kappa shape index (κ2) is 6.77. The molecule has 21 heavy (non-hydrogen) atoms. The molecule has 1 heterocycles. The van der Waals surface area contributed by atoms with Gasteiger partial charge in [-0.15, -0.1) is 0 Å². The third-order valence-electron chi connectivity index (χ3n) is 4.24. The summed E-state index contributed by atoms with van der Waals surface area (Å²) in [5.41, 5.74) is 7.08. The van der Waals surface area contributed by atoms with E-state index in [1.54, 1.807) is 16.4 Å². The van der Waals surface area contributed by atoms with E-state index in [-0.39, 0.29) is 5.75 Å². The lowest BCUT2D eigenvalue weighted by atomic mass is 10.2. The lowest BCUT2D eigenvalue weighted by Gasteiger charge is -2.26. The molecule has 1 fully saturated rings. The van der Waals surface area contributed by atoms with Crippen LogP contribution in [0.2, 0.25) is 0 Å². The van der Waals surface area contributed by atoms with Crippen LogP contribution in [0, 0.1) is 0 Å². The van der Waals surface area contributed by atoms with Gasteiger partial charge in [0.05, 0.1) is 5.75 Å². The van der Waals surface area contributed by atoms with Gasteiger partial charge in [0.15, 0.2) is 0 Å². The predicted octanol–water partition coefficient (Wildman–Crippen LogP) is 1.51. The standard InChI is InChI=1S/C15H25N3O2S/c1-3-17(4-2)14-9-10-18(11-14)21(19,20)12-13-7-5-6-8-15(13)16/h5-8,14H,3-4,9-12,16H2,1-2H3. The van der Waals surface area contributed by atoms with Crippen molar-refractivity contribution in [2.75, 3.05) is 31.9 Å². The van der Waals surface area contributed by atoms with Crippen LogP contribution in [-0.2, 0) is 15.8 Å². The van der Waals surface area contributed by atoms with E-state index < -0.39 is 10.0 Å². The van der Waals surface area contributed by atoms with Crippen LogP contribution in [0.15, 0.2) is 24.3 Å². The molecule has 0 radical (unpaired) electrons. The molecule has 118 valence electrons. The highest BCUT2D eigenvalue weighted by atomic mass is 32.2. The molecule has 5 nitrogen and oxygen atoms in total. The van der Waals surface area contributed by atoms with Crippen molar-refractivity contribution < 1.29 is 8.42 Å². The van der Waals surface area contributed by atoms with Crippen LogP contribution in [0.4, 0.5) is 5.69 Å². The number of para-hydroxylation sites is 1. The van der Waals surface area contributed by atoms with Gasteiger partial charge in [0.1, 0.15) is 0 Å². The zero-order valence-electron chi connectivity index (χ0n) is 12.8. The van der Waals surface area contributed by atoms with Gasteiger partial charge in [0, 0.05) is 24.8 Å². The first-order chi connectivity index (χ1) is 9.97. The fourth-order valence-electron chi connectivity index (χ4n) is 2.95. The first-order valence-corrected chi connectivity index (χ1v) is 9.14. The summed E-state index contributed by atoms with van der Waals surface area (Å²) >= 11 is 0. The van der Waals surface area contributed by atoms with E-state index in [0.29, 0.717) is 30.4 Å². The number of rotatable bonds is 6. The van der Waals surface area contributed by atoms with Crippen molar-refractivity contribution in [2.45, 2.75) is 32.1 Å². The SMILES string of the molecule is CCN(CC)C1CCN(S(=O)(=O)Cc2ccccc2N)C1. The highest BCUT2D eigenvalue weighted by Gasteiger charge is 2.33. The molecule has 0 aliphatic carbocycles. The molecule has 1 unspecified atom stereocenters. The number of anilines is 1. The van der Waals surface area contributed by atoms with Crippen molar-refractivity contribution >= 4 is 15.7 Å². The van der Waals surface area contributed by atoms with E-state index in [4.69, 9.17) is 5.73 Å². The maximum absolute atomic E-state index is 12.6. The van der Waals surface area contributed by atoms with Crippen molar-refractivity contribution in [3.8, 4) is 0 Å². The molecule has 2 rings (SSSR count). The molecule has 1 aromatic rings. The number of nitrogens with two attached hydrogens (primary N) is 1. The topological polar surface area (TPSA) is 66.6 Å². The van der Waals surface area contributed by atoms with Gasteiger partial charge < -0.3 is 5.73 Å². The minimum Gasteiger partial charge on any atom is -0.398 e. The van der Waals surface area contributed by atoms with E-state index in [1.165, 1.54) is 0 Å². The summed E-state index contributed by atoms with van der Waals surface area (Å²) in [6.07, 6.45) is 0.908. The highest BCUT2D eigenvalue weighted by molar-refractivity contribution is 7.88. The molecular formula is C15H25N3O2S. The third-order valence-corrected chi connectivity index (χ3v) is 6.04. The Labute approximate surface area is 127 Å². The molecule has 1 aromatic carbocycles. The number of nitrogens with zero attached hydrogens (tertiary/aromatic N) is 2. The zero-order chi connectivity index (χ0) is 15.5. The Morgan fingerprint density at radius 2 is 1.95 bits per heavy atom. The number of likely N-dealkylation sites (N-methyl/N-ethyl adjacent to an activating group) is 1. The average molecular weight is 311 g/mol. The van der Waals surface area contributed by atoms with Gasteiger partial charge in [-0.05, 0) is 31.1 Å². The van der Waals surface area contributed by atoms with Crippen LogP contribution in [0.3, 0.4) is 0 Å². The van der Waals surface area contributed by atoms with Crippen molar-refractivity contribution in [1.29, 1.82) is 0 Å². The number of hydrogen-bond acceptors (Lipinski definition) is 4. The predicted molar refractivity (Wildman–Crippen MR) is 86.4 cm³/mol. The van der Waals surface area contributed by atoms with Crippen LogP contribution in [0.1, 0.15) is 25.8 Å². The minimum atomic E-state index is -3.29. The van der Waals surface area contributed by atoms with E-state index in [9.17, 15) is 8.42 Å². The summed E-state index contributed by atoms with van der Waals surface area (Å²) in [6, 6.07) is 7.50. The number of nitrogen functional groups attached to an aromatic ring is 1. The van der Waals surface area contributed by atoms with Crippen LogP contribution >= 0.6 is 0 Å². The highest BCUT2D eigenvalue weighted by Crippen LogP contribution is 2.22. The molecule has 1 saturated heterocycles. The van der Waals surface area contributed by atoms with Gasteiger partial charge in [-0.2, -0.15) is 0 Å². The molecule has 0 spiro atoms. The second-order valence-electron chi connectivity index (χ2n) is 5.48. The smallest absolute Gasteiger partial charge is 0.218 e. The maximum Gasteiger partial charge on any atom is 0.218 e. The first-order valence-electron chi connectivity index (χ1n) is 7.53. The largest absolute Gasteiger partial charge is 0.398 e. The van der Waals surface area contributed by atoms with Crippen molar-refractivity contribution in [1.82, 2.24) is 9.21 Å². The molecule has 0 amide bonds. The van der Waals surface area contributed by atoms with Gasteiger partial charge >= 0.3 is 0 Å². The van der Waals surface area contributed by atoms with Gasteiger partial charge in [0.2, 0.25) is 10.0 Å². The normalized spacial score (nSPS) is 20.2. The minimum absolute atomic E-state index is 0.00928. The Morgan fingerprint density at radius 1 is 1.29 bits per heavy atom. The van der Waals surface area contributed by atoms with Crippen LogP contribution < -0.4 is 5.73 Å². The Morgan fingerprint density at radius 3 is 2.57 bits per heavy atom. The maximum atomic E-state index is 12.6. The molecule has 1 atom stereocenters. The molecule has 1 aliphatic rings. The van der Waals surface area contributed by atoms with Gasteiger partial charge in [-0.25, -0.2) is 12.7 Å². The fourth-order valence-corrected chi connectivity index (χ4v) is 4.58. The zero-order valence-corrected chi connectivity index (χ0v) is 13.6. The van der Waals surface area contributed by atoms with Gasteiger partial charge in [-0.3, -0.25) is 4.90 Å². The van der Waals surface area contributed by atoms with Gasteiger partial charge in [0.25, 0.3) is 0 Å². The summed E-state index contributed by atoms with van der Waals surface area (Å²) < 4.78 is 26.7. The number of sulfonamides is 1. The first kappa shape index (κ1) is 16.3.